The van der Waals surface area contributed by atoms with E-state index >= 15 is 0 Å². The van der Waals surface area contributed by atoms with E-state index in [1.165, 1.54) is 12.1 Å². The van der Waals surface area contributed by atoms with Gasteiger partial charge in [0.1, 0.15) is 11.6 Å². The first-order valence-electron chi connectivity index (χ1n) is 7.86. The van der Waals surface area contributed by atoms with E-state index < -0.39 is 11.6 Å². The van der Waals surface area contributed by atoms with Gasteiger partial charge in [0.05, 0.1) is 11.4 Å². The van der Waals surface area contributed by atoms with Gasteiger partial charge in [-0.1, -0.05) is 41.9 Å². The fourth-order valence-corrected chi connectivity index (χ4v) is 2.82. The van der Waals surface area contributed by atoms with Gasteiger partial charge in [-0.15, -0.1) is 0 Å². The first-order chi connectivity index (χ1) is 12.9. The number of carbonyl (C=O) groups is 1. The molecule has 0 atom stereocenters. The first kappa shape index (κ1) is 18.9. The Balaban J connectivity index is 1.84. The second-order valence-electron chi connectivity index (χ2n) is 5.59. The molecule has 0 saturated heterocycles. The fourth-order valence-electron chi connectivity index (χ4n) is 2.43. The van der Waals surface area contributed by atoms with Gasteiger partial charge in [0.15, 0.2) is 10.9 Å². The van der Waals surface area contributed by atoms with Gasteiger partial charge in [-0.05, 0) is 42.5 Å². The fraction of sp³-hybridized carbons (Fsp3) is 0. The van der Waals surface area contributed by atoms with Crippen LogP contribution >= 0.6 is 23.8 Å². The monoisotopic (exact) mass is 402 g/mol. The maximum Gasteiger partial charge on any atom is 0.195 e. The Morgan fingerprint density at radius 2 is 1.56 bits per heavy atom. The van der Waals surface area contributed by atoms with Crippen molar-refractivity contribution in [3.8, 4) is 0 Å². The quantitative estimate of drug-likeness (QED) is 0.436. The summed E-state index contributed by atoms with van der Waals surface area (Å²) in [7, 11) is 0. The Kier molecular flexibility index (Phi) is 5.78. The Morgan fingerprint density at radius 3 is 2.26 bits per heavy atom. The summed E-state index contributed by atoms with van der Waals surface area (Å²) in [5.74, 6) is -1.71. The molecule has 2 N–H and O–H groups in total. The number of anilines is 2. The van der Waals surface area contributed by atoms with Crippen LogP contribution in [-0.2, 0) is 0 Å². The molecule has 0 bridgehead atoms. The zero-order valence-corrected chi connectivity index (χ0v) is 15.4. The van der Waals surface area contributed by atoms with Crippen LogP contribution in [0, 0.1) is 11.6 Å². The minimum Gasteiger partial charge on any atom is -0.332 e. The molecule has 0 radical (unpaired) electrons. The van der Waals surface area contributed by atoms with E-state index in [0.717, 1.165) is 12.1 Å². The largest absolute Gasteiger partial charge is 0.332 e. The maximum absolute atomic E-state index is 13.8. The lowest BCUT2D eigenvalue weighted by Gasteiger charge is -2.14. The summed E-state index contributed by atoms with van der Waals surface area (Å²) in [5.41, 5.74) is 1.23. The molecule has 0 amide bonds. The molecule has 0 aliphatic heterocycles. The molecule has 0 unspecified atom stereocenters. The smallest absolute Gasteiger partial charge is 0.195 e. The minimum atomic E-state index is -0.782. The van der Waals surface area contributed by atoms with E-state index in [4.69, 9.17) is 23.8 Å². The molecular weight excluding hydrogens is 390 g/mol. The standard InChI is InChI=1S/C20H13ClF2N2OS/c21-13-6-8-17(15(10-13)19(26)12-4-2-1-3-5-12)24-20(27)25-18-9-7-14(22)11-16(18)23/h1-11H,(H2,24,25,27). The molecule has 0 aliphatic carbocycles. The van der Waals surface area contributed by atoms with Crippen LogP contribution in [-0.4, -0.2) is 10.9 Å². The van der Waals surface area contributed by atoms with Crippen molar-refractivity contribution in [3.05, 3.63) is 94.5 Å². The third-order valence-corrected chi connectivity index (χ3v) is 4.13. The van der Waals surface area contributed by atoms with Gasteiger partial charge in [0, 0.05) is 22.2 Å². The van der Waals surface area contributed by atoms with Crippen molar-refractivity contribution >= 4 is 46.1 Å². The minimum absolute atomic E-state index is 0.0128. The molecule has 7 heteroatoms. The summed E-state index contributed by atoms with van der Waals surface area (Å²) in [6, 6.07) is 16.5. The van der Waals surface area contributed by atoms with E-state index in [1.807, 2.05) is 6.07 Å². The van der Waals surface area contributed by atoms with Crippen molar-refractivity contribution in [1.82, 2.24) is 0 Å². The number of ketones is 1. The highest BCUT2D eigenvalue weighted by Gasteiger charge is 2.15. The summed E-state index contributed by atoms with van der Waals surface area (Å²) in [4.78, 5) is 12.8. The molecule has 3 aromatic rings. The van der Waals surface area contributed by atoms with Crippen molar-refractivity contribution < 1.29 is 13.6 Å². The highest BCUT2D eigenvalue weighted by Crippen LogP contribution is 2.24. The van der Waals surface area contributed by atoms with Gasteiger partial charge >= 0.3 is 0 Å². The van der Waals surface area contributed by atoms with Gasteiger partial charge < -0.3 is 10.6 Å². The molecule has 3 nitrogen and oxygen atoms in total. The van der Waals surface area contributed by atoms with Crippen molar-refractivity contribution in [2.24, 2.45) is 0 Å². The molecule has 0 fully saturated rings. The lowest BCUT2D eigenvalue weighted by Crippen LogP contribution is -2.21. The van der Waals surface area contributed by atoms with E-state index in [0.29, 0.717) is 21.8 Å². The van der Waals surface area contributed by atoms with Gasteiger partial charge in [0.2, 0.25) is 0 Å². The zero-order chi connectivity index (χ0) is 19.4. The number of carbonyl (C=O) groups excluding carboxylic acids is 1. The molecule has 27 heavy (non-hydrogen) atoms. The summed E-state index contributed by atoms with van der Waals surface area (Å²) in [5, 5.41) is 5.94. The zero-order valence-electron chi connectivity index (χ0n) is 13.8. The number of benzene rings is 3. The van der Waals surface area contributed by atoms with E-state index in [-0.39, 0.29) is 16.6 Å². The predicted octanol–water partition coefficient (Wildman–Crippen LogP) is 5.66. The van der Waals surface area contributed by atoms with E-state index in [2.05, 4.69) is 10.6 Å². The van der Waals surface area contributed by atoms with Crippen molar-refractivity contribution in [3.63, 3.8) is 0 Å². The van der Waals surface area contributed by atoms with Crippen LogP contribution in [0.2, 0.25) is 5.02 Å². The second-order valence-corrected chi connectivity index (χ2v) is 6.43. The third kappa shape index (κ3) is 4.67. The van der Waals surface area contributed by atoms with Crippen molar-refractivity contribution in [2.75, 3.05) is 10.6 Å². The van der Waals surface area contributed by atoms with Crippen LogP contribution in [0.1, 0.15) is 15.9 Å². The van der Waals surface area contributed by atoms with Crippen LogP contribution in [0.15, 0.2) is 66.7 Å². The number of nitrogens with one attached hydrogen (secondary N) is 2. The molecule has 0 saturated carbocycles. The molecule has 0 spiro atoms. The maximum atomic E-state index is 13.8. The normalized spacial score (nSPS) is 10.3. The van der Waals surface area contributed by atoms with E-state index in [1.54, 1.807) is 36.4 Å². The van der Waals surface area contributed by atoms with Gasteiger partial charge in [-0.25, -0.2) is 8.78 Å². The molecule has 136 valence electrons. The van der Waals surface area contributed by atoms with Crippen molar-refractivity contribution in [2.45, 2.75) is 0 Å². The lowest BCUT2D eigenvalue weighted by atomic mass is 10.0. The van der Waals surface area contributed by atoms with Crippen LogP contribution in [0.5, 0.6) is 0 Å². The summed E-state index contributed by atoms with van der Waals surface area (Å²) >= 11 is 11.2. The second kappa shape index (κ2) is 8.24. The first-order valence-corrected chi connectivity index (χ1v) is 8.65. The number of rotatable bonds is 4. The highest BCUT2D eigenvalue weighted by molar-refractivity contribution is 7.80. The Labute approximate surface area is 165 Å². The molecule has 0 heterocycles. The molecule has 0 aliphatic rings. The molecular formula is C20H13ClF2N2OS. The lowest BCUT2D eigenvalue weighted by molar-refractivity contribution is 0.103. The number of hydrogen-bond acceptors (Lipinski definition) is 2. The van der Waals surface area contributed by atoms with Gasteiger partial charge in [0.25, 0.3) is 0 Å². The molecule has 0 aromatic heterocycles. The molecule has 3 rings (SSSR count). The third-order valence-electron chi connectivity index (χ3n) is 3.69. The Morgan fingerprint density at radius 1 is 0.889 bits per heavy atom. The summed E-state index contributed by atoms with van der Waals surface area (Å²) < 4.78 is 26.8. The number of hydrogen-bond donors (Lipinski definition) is 2. The Hall–Kier alpha value is -2.83. The van der Waals surface area contributed by atoms with E-state index in [9.17, 15) is 13.6 Å². The molecule has 3 aromatic carbocycles. The van der Waals surface area contributed by atoms with Gasteiger partial charge in [-0.2, -0.15) is 0 Å². The van der Waals surface area contributed by atoms with Crippen molar-refractivity contribution in [1.29, 1.82) is 0 Å². The topological polar surface area (TPSA) is 41.1 Å². The average molecular weight is 403 g/mol. The SMILES string of the molecule is O=C(c1ccccc1)c1cc(Cl)ccc1NC(=S)Nc1ccc(F)cc1F. The van der Waals surface area contributed by atoms with Gasteiger partial charge in [-0.3, -0.25) is 4.79 Å². The Bertz CT molecular complexity index is 1010. The van der Waals surface area contributed by atoms with Crippen LogP contribution < -0.4 is 10.6 Å². The summed E-state index contributed by atoms with van der Waals surface area (Å²) in [6.45, 7) is 0. The number of halogens is 3. The summed E-state index contributed by atoms with van der Waals surface area (Å²) in [6.07, 6.45) is 0. The average Bonchev–Trinajstić information content (AvgIpc) is 2.65. The predicted molar refractivity (Wildman–Crippen MR) is 108 cm³/mol. The number of thiocarbonyl (C=S) groups is 1. The van der Waals surface area contributed by atoms with Crippen LogP contribution in [0.3, 0.4) is 0 Å². The highest BCUT2D eigenvalue weighted by atomic mass is 35.5. The van der Waals surface area contributed by atoms with Crippen LogP contribution in [0.4, 0.5) is 20.2 Å². The van der Waals surface area contributed by atoms with Crippen LogP contribution in [0.25, 0.3) is 0 Å².